The Hall–Kier alpha value is -3.23. The second-order valence-electron chi connectivity index (χ2n) is 7.58. The number of nitrogens with one attached hydrogen (secondary N) is 2. The first kappa shape index (κ1) is 18.8. The summed E-state index contributed by atoms with van der Waals surface area (Å²) in [5, 5.41) is 11.3. The summed E-state index contributed by atoms with van der Waals surface area (Å²) < 4.78 is 11.7. The van der Waals surface area contributed by atoms with E-state index in [0.717, 1.165) is 36.2 Å². The molecule has 0 saturated carbocycles. The number of Topliss-reactive ketones (excluding diaryl/α,β-unsaturated/α-hetero) is 1. The number of likely N-dealkylation sites (N-methyl/N-ethyl adjacent to an activating group) is 1. The molecule has 0 unspecified atom stereocenters. The lowest BCUT2D eigenvalue weighted by Crippen LogP contribution is -2.29. The highest BCUT2D eigenvalue weighted by atomic mass is 16.5. The number of nitrogens with zero attached hydrogens (tertiary/aromatic N) is 3. The van der Waals surface area contributed by atoms with Gasteiger partial charge in [-0.05, 0) is 37.7 Å². The van der Waals surface area contributed by atoms with E-state index in [4.69, 9.17) is 9.47 Å². The molecule has 3 aromatic rings. The topological polar surface area (TPSA) is 92.4 Å². The first-order valence-corrected chi connectivity index (χ1v) is 10.0. The molecule has 30 heavy (non-hydrogen) atoms. The Kier molecular flexibility index (Phi) is 4.72. The van der Waals surface area contributed by atoms with Crippen LogP contribution >= 0.6 is 0 Å². The number of hydrogen-bond donors (Lipinski definition) is 2. The van der Waals surface area contributed by atoms with E-state index in [2.05, 4.69) is 25.4 Å². The lowest BCUT2D eigenvalue weighted by atomic mass is 10.0. The number of methoxy groups -OCH3 is 1. The highest BCUT2D eigenvalue weighted by Crippen LogP contribution is 2.41. The van der Waals surface area contributed by atoms with Gasteiger partial charge in [-0.25, -0.2) is 4.98 Å². The molecule has 1 saturated heterocycles. The average Bonchev–Trinajstić information content (AvgIpc) is 3.47. The first-order chi connectivity index (χ1) is 14.7. The third-order valence-corrected chi connectivity index (χ3v) is 5.81. The molecule has 2 N–H and O–H groups in total. The number of H-pyrrole nitrogens is 1. The Morgan fingerprint density at radius 1 is 1.40 bits per heavy atom. The van der Waals surface area contributed by atoms with Crippen LogP contribution < -0.4 is 14.8 Å². The third-order valence-electron chi connectivity index (χ3n) is 5.81. The van der Waals surface area contributed by atoms with Gasteiger partial charge in [-0.1, -0.05) is 0 Å². The van der Waals surface area contributed by atoms with E-state index in [-0.39, 0.29) is 11.5 Å². The Labute approximate surface area is 173 Å². The normalized spacial score (nSPS) is 20.1. The SMILES string of the molecule is CN[C@H]1CCN(Cc2c(OC)ccc3c2OC(=Cc2n[nH]c4ncccc24)C3=O)C1. The van der Waals surface area contributed by atoms with Crippen LogP contribution in [0.25, 0.3) is 17.1 Å². The van der Waals surface area contributed by atoms with E-state index in [1.807, 2.05) is 25.2 Å². The van der Waals surface area contributed by atoms with Crippen LogP contribution in [0.3, 0.4) is 0 Å². The van der Waals surface area contributed by atoms with Crippen molar-refractivity contribution < 1.29 is 14.3 Å². The lowest BCUT2D eigenvalue weighted by Gasteiger charge is -2.19. The largest absolute Gasteiger partial charge is 0.496 e. The average molecular weight is 405 g/mol. The summed E-state index contributed by atoms with van der Waals surface area (Å²) >= 11 is 0. The zero-order valence-corrected chi connectivity index (χ0v) is 16.9. The van der Waals surface area contributed by atoms with E-state index >= 15 is 0 Å². The maximum absolute atomic E-state index is 13.0. The van der Waals surface area contributed by atoms with Gasteiger partial charge in [0.15, 0.2) is 11.4 Å². The fourth-order valence-corrected chi connectivity index (χ4v) is 4.17. The third kappa shape index (κ3) is 3.14. The number of ketones is 1. The van der Waals surface area contributed by atoms with Crippen LogP contribution in [-0.4, -0.2) is 59.2 Å². The van der Waals surface area contributed by atoms with Crippen molar-refractivity contribution in [2.75, 3.05) is 27.2 Å². The molecule has 0 bridgehead atoms. The standard InChI is InChI=1S/C22H23N5O3/c1-23-13-7-9-27(11-13)12-16-18(29-2)6-5-15-20(28)19(30-21(15)16)10-17-14-4-3-8-24-22(14)26-25-17/h3-6,8,10,13,23H,7,9,11-12H2,1-2H3,(H,24,25,26)/t13-/m0/s1. The minimum Gasteiger partial charge on any atom is -0.496 e. The number of aromatic nitrogens is 3. The summed E-state index contributed by atoms with van der Waals surface area (Å²) in [6.45, 7) is 2.60. The fourth-order valence-electron chi connectivity index (χ4n) is 4.17. The van der Waals surface area contributed by atoms with E-state index in [1.54, 1.807) is 25.4 Å². The molecular formula is C22H23N5O3. The summed E-state index contributed by atoms with van der Waals surface area (Å²) in [4.78, 5) is 19.6. The Balaban J connectivity index is 1.49. The van der Waals surface area contributed by atoms with Crippen molar-refractivity contribution in [1.29, 1.82) is 0 Å². The van der Waals surface area contributed by atoms with Gasteiger partial charge in [0.2, 0.25) is 5.78 Å². The molecule has 1 aromatic carbocycles. The summed E-state index contributed by atoms with van der Waals surface area (Å²) in [5.41, 5.74) is 2.75. The van der Waals surface area contributed by atoms with Crippen LogP contribution in [0.4, 0.5) is 0 Å². The van der Waals surface area contributed by atoms with Crippen molar-refractivity contribution in [3.63, 3.8) is 0 Å². The van der Waals surface area contributed by atoms with Crippen LogP contribution in [0.5, 0.6) is 11.5 Å². The first-order valence-electron chi connectivity index (χ1n) is 10.0. The minimum absolute atomic E-state index is 0.150. The van der Waals surface area contributed by atoms with Crippen LogP contribution in [0.2, 0.25) is 0 Å². The number of carbonyl (C=O) groups excluding carboxylic acids is 1. The number of carbonyl (C=O) groups is 1. The van der Waals surface area contributed by atoms with Gasteiger partial charge in [0.1, 0.15) is 11.5 Å². The zero-order valence-electron chi connectivity index (χ0n) is 16.9. The zero-order chi connectivity index (χ0) is 20.7. The molecule has 5 rings (SSSR count). The van der Waals surface area contributed by atoms with Gasteiger partial charge < -0.3 is 14.8 Å². The van der Waals surface area contributed by atoms with Gasteiger partial charge in [-0.2, -0.15) is 5.10 Å². The number of likely N-dealkylation sites (tertiary alicyclic amines) is 1. The molecule has 0 radical (unpaired) electrons. The number of rotatable bonds is 5. The maximum Gasteiger partial charge on any atom is 0.232 e. The number of fused-ring (bicyclic) bond motifs is 2. The number of hydrogen-bond acceptors (Lipinski definition) is 7. The number of pyridine rings is 1. The van der Waals surface area contributed by atoms with Gasteiger partial charge >= 0.3 is 0 Å². The molecule has 154 valence electrons. The van der Waals surface area contributed by atoms with Crippen molar-refractivity contribution in [3.05, 3.63) is 53.0 Å². The summed E-state index contributed by atoms with van der Waals surface area (Å²) in [5.74, 6) is 1.41. The second kappa shape index (κ2) is 7.55. The second-order valence-corrected chi connectivity index (χ2v) is 7.58. The molecule has 4 heterocycles. The molecule has 1 atom stereocenters. The molecular weight excluding hydrogens is 382 g/mol. The van der Waals surface area contributed by atoms with Gasteiger partial charge in [0, 0.05) is 43.3 Å². The van der Waals surface area contributed by atoms with Crippen molar-refractivity contribution in [3.8, 4) is 11.5 Å². The van der Waals surface area contributed by atoms with Crippen LogP contribution in [0, 0.1) is 0 Å². The van der Waals surface area contributed by atoms with E-state index < -0.39 is 0 Å². The highest BCUT2D eigenvalue weighted by molar-refractivity contribution is 6.15. The predicted molar refractivity (Wildman–Crippen MR) is 113 cm³/mol. The Bertz CT molecular complexity index is 1150. The Morgan fingerprint density at radius 2 is 2.30 bits per heavy atom. The van der Waals surface area contributed by atoms with Gasteiger partial charge in [-0.15, -0.1) is 0 Å². The van der Waals surface area contributed by atoms with Crippen LogP contribution in [0.1, 0.15) is 28.0 Å². The highest BCUT2D eigenvalue weighted by Gasteiger charge is 2.33. The van der Waals surface area contributed by atoms with Crippen molar-refractivity contribution >= 4 is 22.9 Å². The molecule has 2 aliphatic rings. The maximum atomic E-state index is 13.0. The number of benzene rings is 1. The smallest absolute Gasteiger partial charge is 0.232 e. The summed E-state index contributed by atoms with van der Waals surface area (Å²) in [6.07, 6.45) is 4.46. The fraction of sp³-hybridized carbons (Fsp3) is 0.318. The molecule has 8 nitrogen and oxygen atoms in total. The minimum atomic E-state index is -0.150. The van der Waals surface area contributed by atoms with E-state index in [0.29, 0.717) is 35.2 Å². The number of allylic oxidation sites excluding steroid dienone is 1. The molecule has 2 aliphatic heterocycles. The van der Waals surface area contributed by atoms with Crippen molar-refractivity contribution in [1.82, 2.24) is 25.4 Å². The van der Waals surface area contributed by atoms with E-state index in [1.165, 1.54) is 0 Å². The molecule has 0 spiro atoms. The summed E-state index contributed by atoms with van der Waals surface area (Å²) in [7, 11) is 3.63. The lowest BCUT2D eigenvalue weighted by molar-refractivity contribution is 0.101. The Morgan fingerprint density at radius 3 is 3.10 bits per heavy atom. The van der Waals surface area contributed by atoms with Gasteiger partial charge in [0.05, 0.1) is 23.9 Å². The quantitative estimate of drug-likeness (QED) is 0.630. The van der Waals surface area contributed by atoms with E-state index in [9.17, 15) is 4.79 Å². The number of ether oxygens (including phenoxy) is 2. The molecule has 1 fully saturated rings. The molecule has 0 amide bonds. The number of aromatic amines is 1. The van der Waals surface area contributed by atoms with Gasteiger partial charge in [0.25, 0.3) is 0 Å². The monoisotopic (exact) mass is 405 g/mol. The van der Waals surface area contributed by atoms with Crippen molar-refractivity contribution in [2.24, 2.45) is 0 Å². The molecule has 2 aromatic heterocycles. The van der Waals surface area contributed by atoms with Crippen LogP contribution in [-0.2, 0) is 6.54 Å². The van der Waals surface area contributed by atoms with Gasteiger partial charge in [-0.3, -0.25) is 14.8 Å². The molecule has 8 heteroatoms. The van der Waals surface area contributed by atoms with Crippen molar-refractivity contribution in [2.45, 2.75) is 19.0 Å². The summed E-state index contributed by atoms with van der Waals surface area (Å²) in [6, 6.07) is 7.84. The van der Waals surface area contributed by atoms with Crippen LogP contribution in [0.15, 0.2) is 36.2 Å². The molecule has 0 aliphatic carbocycles. The predicted octanol–water partition coefficient (Wildman–Crippen LogP) is 2.38.